The van der Waals surface area contributed by atoms with Crippen LogP contribution in [-0.2, 0) is 0 Å². The van der Waals surface area contributed by atoms with E-state index >= 15 is 0 Å². The van der Waals surface area contributed by atoms with Crippen molar-refractivity contribution < 1.29 is 0 Å². The molecule has 1 aliphatic rings. The predicted molar refractivity (Wildman–Crippen MR) is 73.7 cm³/mol. The highest BCUT2D eigenvalue weighted by atomic mass is 14.7. The Bertz CT molecular complexity index is 478. The van der Waals surface area contributed by atoms with Crippen molar-refractivity contribution in [2.24, 2.45) is 0 Å². The summed E-state index contributed by atoms with van der Waals surface area (Å²) in [5.74, 6) is 0. The quantitative estimate of drug-likeness (QED) is 0.687. The molecule has 0 unspecified atom stereocenters. The van der Waals surface area contributed by atoms with Crippen LogP contribution in [0.15, 0.2) is 48.1 Å². The van der Waals surface area contributed by atoms with E-state index in [1.54, 1.807) is 0 Å². The van der Waals surface area contributed by atoms with Gasteiger partial charge in [0.25, 0.3) is 0 Å². The molecule has 0 atom stereocenters. The van der Waals surface area contributed by atoms with Gasteiger partial charge in [0.2, 0.25) is 0 Å². The lowest BCUT2D eigenvalue weighted by Crippen LogP contribution is -1.91. The molecule has 0 bridgehead atoms. The molecule has 0 saturated carbocycles. The van der Waals surface area contributed by atoms with Crippen molar-refractivity contribution >= 4 is 5.57 Å². The number of hydrogen-bond acceptors (Lipinski definition) is 1. The lowest BCUT2D eigenvalue weighted by atomic mass is 10.0. The Kier molecular flexibility index (Phi) is 3.92. The third kappa shape index (κ3) is 3.42. The molecular weight excluding hydrogens is 206 g/mol. The van der Waals surface area contributed by atoms with Gasteiger partial charge in [0, 0.05) is 5.69 Å². The van der Waals surface area contributed by atoms with Crippen molar-refractivity contribution in [2.75, 3.05) is 0 Å². The van der Waals surface area contributed by atoms with Gasteiger partial charge in [-0.15, -0.1) is 0 Å². The fourth-order valence-corrected chi connectivity index (χ4v) is 2.03. The number of aryl methyl sites for hydroxylation is 1. The Morgan fingerprint density at radius 2 is 2.06 bits per heavy atom. The smallest absolute Gasteiger partial charge is 0.0664 e. The lowest BCUT2D eigenvalue weighted by molar-refractivity contribution is 0.872. The summed E-state index contributed by atoms with van der Waals surface area (Å²) in [7, 11) is 0. The second-order valence-corrected chi connectivity index (χ2v) is 4.56. The van der Waals surface area contributed by atoms with Gasteiger partial charge in [0.05, 0.1) is 5.69 Å². The minimum absolute atomic E-state index is 1.08. The van der Waals surface area contributed by atoms with Crippen LogP contribution in [0.2, 0.25) is 0 Å². The molecule has 1 aromatic rings. The average Bonchev–Trinajstić information content (AvgIpc) is 2.41. The molecule has 17 heavy (non-hydrogen) atoms. The van der Waals surface area contributed by atoms with Crippen LogP contribution in [0.3, 0.4) is 0 Å². The molecule has 0 spiro atoms. The van der Waals surface area contributed by atoms with Crippen molar-refractivity contribution in [3.63, 3.8) is 0 Å². The Labute approximate surface area is 104 Å². The molecule has 1 aromatic heterocycles. The van der Waals surface area contributed by atoms with Gasteiger partial charge in [0.1, 0.15) is 0 Å². The fraction of sp³-hybridized carbons (Fsp3) is 0.312. The van der Waals surface area contributed by atoms with Crippen LogP contribution in [0.4, 0.5) is 0 Å². The van der Waals surface area contributed by atoms with Crippen LogP contribution < -0.4 is 0 Å². The minimum atomic E-state index is 1.08. The minimum Gasteiger partial charge on any atom is -0.253 e. The van der Waals surface area contributed by atoms with E-state index in [1.165, 1.54) is 17.6 Å². The summed E-state index contributed by atoms with van der Waals surface area (Å²) in [5, 5.41) is 0. The number of nitrogens with zero attached hydrogens (tertiary/aromatic N) is 1. The molecule has 88 valence electrons. The maximum atomic E-state index is 4.60. The summed E-state index contributed by atoms with van der Waals surface area (Å²) in [6.07, 6.45) is 12.3. The van der Waals surface area contributed by atoms with Crippen LogP contribution >= 0.6 is 0 Å². The molecule has 2 rings (SSSR count). The largest absolute Gasteiger partial charge is 0.253 e. The summed E-state index contributed by atoms with van der Waals surface area (Å²) in [4.78, 5) is 4.60. The van der Waals surface area contributed by atoms with Crippen LogP contribution in [0.5, 0.6) is 0 Å². The molecule has 0 N–H and O–H groups in total. The zero-order valence-corrected chi connectivity index (χ0v) is 10.6. The van der Waals surface area contributed by atoms with Gasteiger partial charge in [-0.05, 0) is 50.8 Å². The second-order valence-electron chi connectivity index (χ2n) is 4.56. The fourth-order valence-electron chi connectivity index (χ4n) is 2.03. The van der Waals surface area contributed by atoms with E-state index in [0.29, 0.717) is 0 Å². The van der Waals surface area contributed by atoms with Gasteiger partial charge in [-0.1, -0.05) is 35.9 Å². The molecular formula is C16H19N. The highest BCUT2D eigenvalue weighted by Crippen LogP contribution is 2.21. The maximum absolute atomic E-state index is 4.60. The van der Waals surface area contributed by atoms with Gasteiger partial charge < -0.3 is 0 Å². The van der Waals surface area contributed by atoms with E-state index < -0.39 is 0 Å². The molecule has 1 heterocycles. The summed E-state index contributed by atoms with van der Waals surface area (Å²) in [5.41, 5.74) is 4.89. The lowest BCUT2D eigenvalue weighted by Gasteiger charge is -2.06. The second kappa shape index (κ2) is 5.62. The van der Waals surface area contributed by atoms with Crippen LogP contribution in [0, 0.1) is 6.92 Å². The topological polar surface area (TPSA) is 12.9 Å². The Morgan fingerprint density at radius 1 is 1.18 bits per heavy atom. The Balaban J connectivity index is 2.28. The summed E-state index contributed by atoms with van der Waals surface area (Å²) in [6, 6.07) is 6.23. The zero-order valence-electron chi connectivity index (χ0n) is 10.6. The van der Waals surface area contributed by atoms with E-state index in [4.69, 9.17) is 0 Å². The first-order valence-electron chi connectivity index (χ1n) is 6.24. The van der Waals surface area contributed by atoms with Gasteiger partial charge in [-0.25, -0.2) is 0 Å². The summed E-state index contributed by atoms with van der Waals surface area (Å²) >= 11 is 0. The van der Waals surface area contributed by atoms with Crippen molar-refractivity contribution in [2.45, 2.75) is 33.1 Å². The van der Waals surface area contributed by atoms with Gasteiger partial charge in [-0.3, -0.25) is 4.98 Å². The molecule has 0 amide bonds. The van der Waals surface area contributed by atoms with Crippen LogP contribution in [0.1, 0.15) is 37.6 Å². The molecule has 1 nitrogen and oxygen atoms in total. The first-order chi connectivity index (χ1) is 8.25. The van der Waals surface area contributed by atoms with E-state index in [2.05, 4.69) is 48.3 Å². The monoisotopic (exact) mass is 225 g/mol. The zero-order chi connectivity index (χ0) is 12.1. The molecule has 1 heteroatoms. The molecule has 0 fully saturated rings. The average molecular weight is 225 g/mol. The van der Waals surface area contributed by atoms with E-state index in [1.807, 2.05) is 13.0 Å². The SMILES string of the molecule is CC1=CCCCC(c2cccc(C)n2)=CC=C1. The van der Waals surface area contributed by atoms with Crippen molar-refractivity contribution in [1.29, 1.82) is 0 Å². The van der Waals surface area contributed by atoms with Gasteiger partial charge in [0.15, 0.2) is 0 Å². The third-order valence-electron chi connectivity index (χ3n) is 2.99. The summed E-state index contributed by atoms with van der Waals surface area (Å²) in [6.45, 7) is 4.20. The number of aromatic nitrogens is 1. The van der Waals surface area contributed by atoms with Crippen LogP contribution in [-0.4, -0.2) is 4.98 Å². The standard InChI is InChI=1S/C16H19N/c1-13-7-3-4-10-15(11-5-8-13)16-12-6-9-14(2)17-16/h5-9,11-12H,3-4,10H2,1-2H3. The number of allylic oxidation sites excluding steroid dienone is 6. The first-order valence-corrected chi connectivity index (χ1v) is 6.24. The van der Waals surface area contributed by atoms with E-state index in [0.717, 1.165) is 24.2 Å². The first kappa shape index (κ1) is 11.8. The highest BCUT2D eigenvalue weighted by molar-refractivity contribution is 5.64. The highest BCUT2D eigenvalue weighted by Gasteiger charge is 2.03. The molecule has 0 radical (unpaired) electrons. The Morgan fingerprint density at radius 3 is 2.88 bits per heavy atom. The van der Waals surface area contributed by atoms with Crippen molar-refractivity contribution in [3.05, 3.63) is 59.5 Å². The molecule has 0 aliphatic heterocycles. The number of rotatable bonds is 1. The van der Waals surface area contributed by atoms with Gasteiger partial charge >= 0.3 is 0 Å². The molecule has 0 aromatic carbocycles. The molecule has 1 aliphatic carbocycles. The maximum Gasteiger partial charge on any atom is 0.0664 e. The predicted octanol–water partition coefficient (Wildman–Crippen LogP) is 4.46. The van der Waals surface area contributed by atoms with E-state index in [9.17, 15) is 0 Å². The van der Waals surface area contributed by atoms with E-state index in [-0.39, 0.29) is 0 Å². The van der Waals surface area contributed by atoms with Crippen molar-refractivity contribution in [3.8, 4) is 0 Å². The summed E-state index contributed by atoms with van der Waals surface area (Å²) < 4.78 is 0. The van der Waals surface area contributed by atoms with Crippen LogP contribution in [0.25, 0.3) is 5.57 Å². The van der Waals surface area contributed by atoms with Gasteiger partial charge in [-0.2, -0.15) is 0 Å². The number of pyridine rings is 1. The normalized spacial score (nSPS) is 16.6. The Hall–Kier alpha value is -1.63. The number of hydrogen-bond donors (Lipinski definition) is 0. The molecule has 0 saturated heterocycles. The third-order valence-corrected chi connectivity index (χ3v) is 2.99. The van der Waals surface area contributed by atoms with Crippen molar-refractivity contribution in [1.82, 2.24) is 4.98 Å².